The van der Waals surface area contributed by atoms with Crippen molar-refractivity contribution < 1.29 is 4.42 Å². The molecule has 0 fully saturated rings. The van der Waals surface area contributed by atoms with E-state index in [0.717, 1.165) is 20.9 Å². The first kappa shape index (κ1) is 13.8. The van der Waals surface area contributed by atoms with Crippen LogP contribution in [-0.4, -0.2) is 19.8 Å². The minimum atomic E-state index is 0.591. The average Bonchev–Trinajstić information content (AvgIpc) is 3.16. The molecule has 0 amide bonds. The topological polar surface area (TPSA) is 76.7 Å². The second-order valence-corrected chi connectivity index (χ2v) is 7.14. The second kappa shape index (κ2) is 6.53. The molecule has 10 heteroatoms. The summed E-state index contributed by atoms with van der Waals surface area (Å²) in [5, 5.41) is 16.0. The number of hydrogen-bond acceptors (Lipinski definition) is 9. The van der Waals surface area contributed by atoms with Crippen molar-refractivity contribution in [1.82, 2.24) is 19.8 Å². The number of anilines is 1. The average molecular weight is 346 g/mol. The van der Waals surface area contributed by atoms with E-state index in [1.807, 2.05) is 12.1 Å². The van der Waals surface area contributed by atoms with Gasteiger partial charge in [0.1, 0.15) is 15.8 Å². The zero-order valence-electron chi connectivity index (χ0n) is 9.95. The van der Waals surface area contributed by atoms with Gasteiger partial charge < -0.3 is 9.73 Å². The van der Waals surface area contributed by atoms with Crippen LogP contribution in [0.1, 0.15) is 11.5 Å². The van der Waals surface area contributed by atoms with E-state index in [9.17, 15) is 0 Å². The van der Waals surface area contributed by atoms with Crippen molar-refractivity contribution in [1.29, 1.82) is 0 Å². The van der Waals surface area contributed by atoms with Crippen LogP contribution in [0, 0.1) is 0 Å². The quantitative estimate of drug-likeness (QED) is 0.684. The molecule has 0 spiro atoms. The normalized spacial score (nSPS) is 10.8. The maximum absolute atomic E-state index is 5.94. The van der Waals surface area contributed by atoms with Crippen molar-refractivity contribution in [2.24, 2.45) is 0 Å². The van der Waals surface area contributed by atoms with Crippen molar-refractivity contribution in [3.8, 4) is 0 Å². The predicted molar refractivity (Wildman–Crippen MR) is 80.4 cm³/mol. The minimum absolute atomic E-state index is 0.591. The van der Waals surface area contributed by atoms with Crippen LogP contribution in [0.4, 0.5) is 5.13 Å². The largest absolute Gasteiger partial charge is 0.467 e. The third kappa shape index (κ3) is 3.48. The van der Waals surface area contributed by atoms with Crippen LogP contribution in [0.15, 0.2) is 27.2 Å². The van der Waals surface area contributed by atoms with Crippen molar-refractivity contribution >= 4 is 51.4 Å². The molecule has 0 aromatic carbocycles. The molecule has 104 valence electrons. The van der Waals surface area contributed by atoms with Gasteiger partial charge in [0.05, 0.1) is 12.8 Å². The molecule has 0 aliphatic heterocycles. The molecule has 3 aromatic rings. The van der Waals surface area contributed by atoms with Gasteiger partial charge in [-0.05, 0) is 12.1 Å². The molecule has 3 aromatic heterocycles. The van der Waals surface area contributed by atoms with Crippen LogP contribution >= 0.6 is 46.2 Å². The van der Waals surface area contributed by atoms with E-state index in [4.69, 9.17) is 16.0 Å². The van der Waals surface area contributed by atoms with E-state index in [2.05, 4.69) is 25.1 Å². The summed E-state index contributed by atoms with van der Waals surface area (Å²) in [6, 6.07) is 3.75. The Balaban J connectivity index is 1.53. The Morgan fingerprint density at radius 3 is 3.05 bits per heavy atom. The van der Waals surface area contributed by atoms with Gasteiger partial charge in [0.15, 0.2) is 4.34 Å². The molecule has 3 heterocycles. The molecule has 1 N–H and O–H groups in total. The van der Waals surface area contributed by atoms with E-state index in [-0.39, 0.29) is 0 Å². The Kier molecular flexibility index (Phi) is 4.51. The fourth-order valence-corrected chi connectivity index (χ4v) is 3.81. The standard InChI is InChI=1S/C10H8ClN5OS3/c11-8-7(13-16-20-8)5-18-10-15-14-9(19-10)12-4-6-2-1-3-17-6/h1-3H,4-5H2,(H,12,14). The van der Waals surface area contributed by atoms with Crippen LogP contribution in [0.5, 0.6) is 0 Å². The Hall–Kier alpha value is -1.16. The Labute approximate surface area is 131 Å². The number of nitrogens with one attached hydrogen (secondary N) is 1. The first-order valence-electron chi connectivity index (χ1n) is 5.50. The van der Waals surface area contributed by atoms with Gasteiger partial charge in [-0.25, -0.2) is 0 Å². The number of nitrogens with zero attached hydrogens (tertiary/aromatic N) is 4. The molecule has 0 unspecified atom stereocenters. The van der Waals surface area contributed by atoms with E-state index < -0.39 is 0 Å². The highest BCUT2D eigenvalue weighted by atomic mass is 35.5. The number of aromatic nitrogens is 4. The number of thioether (sulfide) groups is 1. The maximum atomic E-state index is 5.94. The fourth-order valence-electron chi connectivity index (χ4n) is 1.33. The summed E-state index contributed by atoms with van der Waals surface area (Å²) in [5.74, 6) is 1.50. The van der Waals surface area contributed by atoms with Crippen LogP contribution < -0.4 is 5.32 Å². The van der Waals surface area contributed by atoms with Crippen molar-refractivity contribution in [3.63, 3.8) is 0 Å². The molecule has 20 heavy (non-hydrogen) atoms. The lowest BCUT2D eigenvalue weighted by Crippen LogP contribution is -1.96. The van der Waals surface area contributed by atoms with Gasteiger partial charge in [-0.1, -0.05) is 39.2 Å². The summed E-state index contributed by atoms with van der Waals surface area (Å²) in [4.78, 5) is 0. The van der Waals surface area contributed by atoms with Crippen LogP contribution in [0.3, 0.4) is 0 Å². The lowest BCUT2D eigenvalue weighted by molar-refractivity contribution is 0.518. The highest BCUT2D eigenvalue weighted by Crippen LogP contribution is 2.30. The molecule has 0 saturated heterocycles. The van der Waals surface area contributed by atoms with Gasteiger partial charge >= 0.3 is 0 Å². The summed E-state index contributed by atoms with van der Waals surface area (Å²) in [6.45, 7) is 0.591. The van der Waals surface area contributed by atoms with Gasteiger partial charge in [-0.3, -0.25) is 0 Å². The molecular weight excluding hydrogens is 338 g/mol. The lowest BCUT2D eigenvalue weighted by atomic mass is 10.4. The highest BCUT2D eigenvalue weighted by molar-refractivity contribution is 8.00. The monoisotopic (exact) mass is 345 g/mol. The van der Waals surface area contributed by atoms with Crippen molar-refractivity contribution in [2.45, 2.75) is 16.6 Å². The maximum Gasteiger partial charge on any atom is 0.206 e. The fraction of sp³-hybridized carbons (Fsp3) is 0.200. The smallest absolute Gasteiger partial charge is 0.206 e. The molecule has 0 aliphatic rings. The van der Waals surface area contributed by atoms with Gasteiger partial charge in [0.2, 0.25) is 5.13 Å². The summed E-state index contributed by atoms with van der Waals surface area (Å²) in [7, 11) is 0. The summed E-state index contributed by atoms with van der Waals surface area (Å²) in [6.07, 6.45) is 1.64. The molecule has 3 rings (SSSR count). The molecule has 0 aliphatic carbocycles. The zero-order chi connectivity index (χ0) is 13.8. The van der Waals surface area contributed by atoms with Crippen LogP contribution in [0.25, 0.3) is 0 Å². The van der Waals surface area contributed by atoms with Crippen molar-refractivity contribution in [2.75, 3.05) is 5.32 Å². The van der Waals surface area contributed by atoms with Crippen LogP contribution in [-0.2, 0) is 12.3 Å². The Morgan fingerprint density at radius 1 is 1.35 bits per heavy atom. The van der Waals surface area contributed by atoms with Gasteiger partial charge in [0.25, 0.3) is 0 Å². The SMILES string of the molecule is Clc1snnc1CSc1nnc(NCc2ccco2)s1. The Bertz CT molecular complexity index is 668. The van der Waals surface area contributed by atoms with Gasteiger partial charge in [0, 0.05) is 17.3 Å². The highest BCUT2D eigenvalue weighted by Gasteiger charge is 2.09. The first-order chi connectivity index (χ1) is 9.81. The molecule has 0 radical (unpaired) electrons. The predicted octanol–water partition coefficient (Wildman–Crippen LogP) is 3.54. The zero-order valence-corrected chi connectivity index (χ0v) is 13.2. The number of furan rings is 1. The molecule has 6 nitrogen and oxygen atoms in total. The van der Waals surface area contributed by atoms with Gasteiger partial charge in [-0.2, -0.15) is 0 Å². The molecule has 0 bridgehead atoms. The van der Waals surface area contributed by atoms with E-state index in [1.54, 1.807) is 6.26 Å². The summed E-state index contributed by atoms with van der Waals surface area (Å²) >= 11 is 10.1. The third-order valence-corrected chi connectivity index (χ3v) is 5.25. The molecular formula is C10H8ClN5OS3. The minimum Gasteiger partial charge on any atom is -0.467 e. The van der Waals surface area contributed by atoms with Crippen LogP contribution in [0.2, 0.25) is 4.34 Å². The third-order valence-electron chi connectivity index (χ3n) is 2.24. The number of halogens is 1. The number of rotatable bonds is 6. The van der Waals surface area contributed by atoms with E-state index >= 15 is 0 Å². The molecule has 0 saturated carbocycles. The second-order valence-electron chi connectivity index (χ2n) is 3.59. The first-order valence-corrected chi connectivity index (χ1v) is 8.46. The van der Waals surface area contributed by atoms with Gasteiger partial charge in [-0.15, -0.1) is 15.3 Å². The number of hydrogen-bond donors (Lipinski definition) is 1. The molecule has 0 atom stereocenters. The summed E-state index contributed by atoms with van der Waals surface area (Å²) in [5.41, 5.74) is 0.780. The Morgan fingerprint density at radius 2 is 2.30 bits per heavy atom. The van der Waals surface area contributed by atoms with Crippen molar-refractivity contribution in [3.05, 3.63) is 34.2 Å². The lowest BCUT2D eigenvalue weighted by Gasteiger charge is -1.96. The van der Waals surface area contributed by atoms with E-state index in [0.29, 0.717) is 16.6 Å². The summed E-state index contributed by atoms with van der Waals surface area (Å²) < 4.78 is 10.5. The van der Waals surface area contributed by atoms with E-state index in [1.165, 1.54) is 34.6 Å².